The summed E-state index contributed by atoms with van der Waals surface area (Å²) in [6.07, 6.45) is 0. The minimum atomic E-state index is -0.687. The van der Waals surface area contributed by atoms with E-state index in [-0.39, 0.29) is 5.69 Å². The van der Waals surface area contributed by atoms with Crippen LogP contribution in [-0.4, -0.2) is 5.91 Å². The number of halogens is 2. The minimum Gasteiger partial charge on any atom is -0.326 e. The quantitative estimate of drug-likeness (QED) is 0.893. The van der Waals surface area contributed by atoms with Gasteiger partial charge in [-0.1, -0.05) is 12.1 Å². The molecular formula is C14H12F2N2O. The smallest absolute Gasteiger partial charge is 0.255 e. The Kier molecular flexibility index (Phi) is 3.87. The van der Waals surface area contributed by atoms with E-state index < -0.39 is 17.5 Å². The number of carbonyl (C=O) groups excluding carboxylic acids is 1. The van der Waals surface area contributed by atoms with Crippen LogP contribution in [0.4, 0.5) is 14.5 Å². The summed E-state index contributed by atoms with van der Waals surface area (Å²) in [5, 5.41) is 2.32. The molecule has 0 atom stereocenters. The third-order valence-electron chi connectivity index (χ3n) is 2.63. The van der Waals surface area contributed by atoms with Crippen LogP contribution >= 0.6 is 0 Å². The number of carbonyl (C=O) groups is 1. The fourth-order valence-corrected chi connectivity index (χ4v) is 1.58. The van der Waals surface area contributed by atoms with Gasteiger partial charge < -0.3 is 11.1 Å². The lowest BCUT2D eigenvalue weighted by atomic mass is 10.1. The number of hydrogen-bond donors (Lipinski definition) is 2. The van der Waals surface area contributed by atoms with E-state index in [0.29, 0.717) is 12.1 Å². The zero-order chi connectivity index (χ0) is 13.8. The predicted molar refractivity (Wildman–Crippen MR) is 68.6 cm³/mol. The van der Waals surface area contributed by atoms with Crippen molar-refractivity contribution in [2.75, 3.05) is 5.32 Å². The van der Waals surface area contributed by atoms with Crippen LogP contribution in [0.2, 0.25) is 0 Å². The third kappa shape index (κ3) is 3.14. The van der Waals surface area contributed by atoms with Gasteiger partial charge in [-0.05, 0) is 29.8 Å². The first-order valence-electron chi connectivity index (χ1n) is 5.65. The predicted octanol–water partition coefficient (Wildman–Crippen LogP) is 2.68. The van der Waals surface area contributed by atoms with Gasteiger partial charge in [0, 0.05) is 18.2 Å². The zero-order valence-electron chi connectivity index (χ0n) is 9.99. The summed E-state index contributed by atoms with van der Waals surface area (Å²) in [5.74, 6) is -1.81. The number of rotatable bonds is 3. The summed E-state index contributed by atoms with van der Waals surface area (Å²) in [7, 11) is 0. The van der Waals surface area contributed by atoms with Crippen molar-refractivity contribution in [3.8, 4) is 0 Å². The fourth-order valence-electron chi connectivity index (χ4n) is 1.58. The summed E-state index contributed by atoms with van der Waals surface area (Å²) >= 11 is 0. The molecule has 0 fully saturated rings. The SMILES string of the molecule is NCc1ccc(C(=O)Nc2cc(F)ccc2F)cc1. The normalized spacial score (nSPS) is 10.3. The molecule has 0 unspecified atom stereocenters. The number of amides is 1. The van der Waals surface area contributed by atoms with E-state index in [1.165, 1.54) is 0 Å². The fraction of sp³-hybridized carbons (Fsp3) is 0.0714. The van der Waals surface area contributed by atoms with E-state index in [0.717, 1.165) is 23.8 Å². The van der Waals surface area contributed by atoms with Gasteiger partial charge in [-0.2, -0.15) is 0 Å². The van der Waals surface area contributed by atoms with Crippen molar-refractivity contribution in [2.24, 2.45) is 5.73 Å². The molecule has 0 saturated carbocycles. The second-order valence-corrected chi connectivity index (χ2v) is 3.98. The van der Waals surface area contributed by atoms with Crippen molar-refractivity contribution in [2.45, 2.75) is 6.54 Å². The maximum absolute atomic E-state index is 13.4. The molecule has 2 aromatic rings. The third-order valence-corrected chi connectivity index (χ3v) is 2.63. The van der Waals surface area contributed by atoms with E-state index in [4.69, 9.17) is 5.73 Å². The molecule has 0 radical (unpaired) electrons. The molecule has 0 bridgehead atoms. The monoisotopic (exact) mass is 262 g/mol. The molecule has 0 heterocycles. The minimum absolute atomic E-state index is 0.187. The molecule has 2 rings (SSSR count). The molecule has 19 heavy (non-hydrogen) atoms. The second-order valence-electron chi connectivity index (χ2n) is 3.98. The van der Waals surface area contributed by atoms with Gasteiger partial charge >= 0.3 is 0 Å². The highest BCUT2D eigenvalue weighted by atomic mass is 19.1. The highest BCUT2D eigenvalue weighted by Crippen LogP contribution is 2.16. The Morgan fingerprint density at radius 3 is 2.42 bits per heavy atom. The molecule has 3 N–H and O–H groups in total. The van der Waals surface area contributed by atoms with Crippen LogP contribution in [0.3, 0.4) is 0 Å². The van der Waals surface area contributed by atoms with Crippen molar-refractivity contribution in [1.29, 1.82) is 0 Å². The van der Waals surface area contributed by atoms with Gasteiger partial charge in [-0.25, -0.2) is 8.78 Å². The zero-order valence-corrected chi connectivity index (χ0v) is 9.99. The Morgan fingerprint density at radius 1 is 1.11 bits per heavy atom. The Hall–Kier alpha value is -2.27. The van der Waals surface area contributed by atoms with E-state index >= 15 is 0 Å². The van der Waals surface area contributed by atoms with Crippen LogP contribution < -0.4 is 11.1 Å². The van der Waals surface area contributed by atoms with E-state index in [1.807, 2.05) is 0 Å². The molecule has 98 valence electrons. The molecule has 0 aliphatic heterocycles. The van der Waals surface area contributed by atoms with Crippen LogP contribution in [0.5, 0.6) is 0 Å². The van der Waals surface area contributed by atoms with Crippen LogP contribution in [0.1, 0.15) is 15.9 Å². The Bertz CT molecular complexity index is 597. The Morgan fingerprint density at radius 2 is 1.79 bits per heavy atom. The molecular weight excluding hydrogens is 250 g/mol. The van der Waals surface area contributed by atoms with Crippen molar-refractivity contribution in [3.63, 3.8) is 0 Å². The van der Waals surface area contributed by atoms with Gasteiger partial charge in [0.05, 0.1) is 5.69 Å². The first kappa shape index (κ1) is 13.2. The summed E-state index contributed by atoms with van der Waals surface area (Å²) < 4.78 is 26.3. The van der Waals surface area contributed by atoms with Gasteiger partial charge in [-0.3, -0.25) is 4.79 Å². The molecule has 2 aromatic carbocycles. The van der Waals surface area contributed by atoms with Crippen molar-refractivity contribution < 1.29 is 13.6 Å². The highest BCUT2D eigenvalue weighted by molar-refractivity contribution is 6.04. The Labute approximate surface area is 109 Å². The van der Waals surface area contributed by atoms with Gasteiger partial charge in [0.15, 0.2) is 0 Å². The summed E-state index contributed by atoms with van der Waals surface area (Å²) in [6.45, 7) is 0.375. The number of anilines is 1. The van der Waals surface area contributed by atoms with Gasteiger partial charge in [0.25, 0.3) is 5.91 Å². The molecule has 3 nitrogen and oxygen atoms in total. The second kappa shape index (κ2) is 5.58. The van der Waals surface area contributed by atoms with Gasteiger partial charge in [0.1, 0.15) is 11.6 Å². The molecule has 5 heteroatoms. The van der Waals surface area contributed by atoms with Gasteiger partial charge in [-0.15, -0.1) is 0 Å². The average Bonchev–Trinajstić information content (AvgIpc) is 2.43. The topological polar surface area (TPSA) is 55.1 Å². The van der Waals surface area contributed by atoms with Crippen molar-refractivity contribution in [1.82, 2.24) is 0 Å². The van der Waals surface area contributed by atoms with E-state index in [1.54, 1.807) is 24.3 Å². The molecule has 0 saturated heterocycles. The van der Waals surface area contributed by atoms with Crippen LogP contribution in [0.25, 0.3) is 0 Å². The molecule has 1 amide bonds. The van der Waals surface area contributed by atoms with Crippen LogP contribution in [0, 0.1) is 11.6 Å². The number of hydrogen-bond acceptors (Lipinski definition) is 2. The highest BCUT2D eigenvalue weighted by Gasteiger charge is 2.10. The average molecular weight is 262 g/mol. The van der Waals surface area contributed by atoms with Crippen molar-refractivity contribution in [3.05, 3.63) is 65.2 Å². The van der Waals surface area contributed by atoms with Gasteiger partial charge in [0.2, 0.25) is 0 Å². The first-order valence-corrected chi connectivity index (χ1v) is 5.65. The largest absolute Gasteiger partial charge is 0.326 e. The summed E-state index contributed by atoms with van der Waals surface area (Å²) in [4.78, 5) is 11.8. The summed E-state index contributed by atoms with van der Waals surface area (Å²) in [6, 6.07) is 9.45. The maximum Gasteiger partial charge on any atom is 0.255 e. The van der Waals surface area contributed by atoms with E-state index in [2.05, 4.69) is 5.32 Å². The Balaban J connectivity index is 2.18. The van der Waals surface area contributed by atoms with Crippen LogP contribution in [-0.2, 0) is 6.54 Å². The molecule has 0 aromatic heterocycles. The van der Waals surface area contributed by atoms with E-state index in [9.17, 15) is 13.6 Å². The lowest BCUT2D eigenvalue weighted by Crippen LogP contribution is -2.13. The molecule has 0 spiro atoms. The number of nitrogens with two attached hydrogens (primary N) is 1. The van der Waals surface area contributed by atoms with Crippen molar-refractivity contribution >= 4 is 11.6 Å². The standard InChI is InChI=1S/C14H12F2N2O/c15-11-5-6-12(16)13(7-11)18-14(19)10-3-1-9(8-17)2-4-10/h1-7H,8,17H2,(H,18,19). The summed E-state index contributed by atoms with van der Waals surface area (Å²) in [5.41, 5.74) is 6.49. The number of nitrogens with one attached hydrogen (secondary N) is 1. The first-order chi connectivity index (χ1) is 9.10. The lowest BCUT2D eigenvalue weighted by Gasteiger charge is -2.07. The van der Waals surface area contributed by atoms with Crippen LogP contribution in [0.15, 0.2) is 42.5 Å². The maximum atomic E-state index is 13.4. The number of benzene rings is 2. The molecule has 0 aliphatic rings. The molecule has 0 aliphatic carbocycles. The lowest BCUT2D eigenvalue weighted by molar-refractivity contribution is 0.102.